The third kappa shape index (κ3) is 3.28. The minimum absolute atomic E-state index is 0.387. The Morgan fingerprint density at radius 2 is 2.20 bits per heavy atom. The number of hydrogen-bond acceptors (Lipinski definition) is 6. The van der Waals surface area contributed by atoms with Gasteiger partial charge < -0.3 is 19.5 Å². The highest BCUT2D eigenvalue weighted by molar-refractivity contribution is 5.54. The Balaban J connectivity index is 1.43. The molecule has 0 bridgehead atoms. The minimum Gasteiger partial charge on any atom is -0.493 e. The van der Waals surface area contributed by atoms with Gasteiger partial charge in [0, 0.05) is 25.4 Å². The van der Waals surface area contributed by atoms with Crippen molar-refractivity contribution in [2.24, 2.45) is 0 Å². The minimum atomic E-state index is 0.387. The highest BCUT2D eigenvalue weighted by atomic mass is 16.6. The van der Waals surface area contributed by atoms with Gasteiger partial charge in [-0.3, -0.25) is 0 Å². The van der Waals surface area contributed by atoms with E-state index in [1.165, 1.54) is 0 Å². The quantitative estimate of drug-likeness (QED) is 0.891. The van der Waals surface area contributed by atoms with Crippen molar-refractivity contribution in [2.75, 3.05) is 20.3 Å². The molecule has 2 aliphatic heterocycles. The molecule has 134 valence electrons. The van der Waals surface area contributed by atoms with Crippen LogP contribution in [0.3, 0.4) is 0 Å². The predicted octanol–water partition coefficient (Wildman–Crippen LogP) is 1.72. The first-order valence-corrected chi connectivity index (χ1v) is 8.89. The van der Waals surface area contributed by atoms with E-state index in [0.29, 0.717) is 25.0 Å². The molecule has 0 unspecified atom stereocenters. The number of methoxy groups -OCH3 is 1. The number of fused-ring (bicyclic) bond motifs is 2. The predicted molar refractivity (Wildman–Crippen MR) is 92.3 cm³/mol. The molecule has 7 heteroatoms. The van der Waals surface area contributed by atoms with Crippen LogP contribution >= 0.6 is 0 Å². The SMILES string of the molecule is CCc1nc2n(n1)C[C@H](NCc1cc(OC)c3c(c1)OCCO3)CC2. The van der Waals surface area contributed by atoms with Crippen LogP contribution in [0.15, 0.2) is 12.1 Å². The Hall–Kier alpha value is -2.28. The fourth-order valence-electron chi connectivity index (χ4n) is 3.37. The van der Waals surface area contributed by atoms with Crippen molar-refractivity contribution in [1.29, 1.82) is 0 Å². The van der Waals surface area contributed by atoms with Gasteiger partial charge in [-0.1, -0.05) is 6.92 Å². The second-order valence-electron chi connectivity index (χ2n) is 6.42. The van der Waals surface area contributed by atoms with Crippen molar-refractivity contribution >= 4 is 0 Å². The van der Waals surface area contributed by atoms with Crippen molar-refractivity contribution in [3.63, 3.8) is 0 Å². The van der Waals surface area contributed by atoms with Gasteiger partial charge >= 0.3 is 0 Å². The molecule has 0 saturated heterocycles. The highest BCUT2D eigenvalue weighted by Crippen LogP contribution is 2.40. The Morgan fingerprint density at radius 3 is 3.04 bits per heavy atom. The van der Waals surface area contributed by atoms with Crippen LogP contribution in [-0.4, -0.2) is 41.1 Å². The molecule has 2 aromatic rings. The van der Waals surface area contributed by atoms with Crippen LogP contribution < -0.4 is 19.5 Å². The molecule has 1 atom stereocenters. The van der Waals surface area contributed by atoms with Crippen LogP contribution in [0.2, 0.25) is 0 Å². The standard InChI is InChI=1S/C18H24N4O3/c1-3-16-20-17-5-4-13(11-22(17)21-16)19-10-12-8-14(23-2)18-15(9-12)24-6-7-25-18/h8-9,13,19H,3-7,10-11H2,1-2H3/t13-/m1/s1. The maximum absolute atomic E-state index is 5.70. The zero-order valence-electron chi connectivity index (χ0n) is 14.7. The Morgan fingerprint density at radius 1 is 1.32 bits per heavy atom. The van der Waals surface area contributed by atoms with Gasteiger partial charge in [0.2, 0.25) is 5.75 Å². The molecule has 1 aromatic heterocycles. The molecule has 0 fully saturated rings. The van der Waals surface area contributed by atoms with Crippen molar-refractivity contribution < 1.29 is 14.2 Å². The van der Waals surface area contributed by atoms with E-state index in [9.17, 15) is 0 Å². The van der Waals surface area contributed by atoms with Crippen molar-refractivity contribution in [3.05, 3.63) is 29.3 Å². The second kappa shape index (κ2) is 6.92. The molecule has 0 radical (unpaired) electrons. The topological polar surface area (TPSA) is 70.4 Å². The van der Waals surface area contributed by atoms with E-state index in [-0.39, 0.29) is 0 Å². The van der Waals surface area contributed by atoms with Crippen LogP contribution in [0.25, 0.3) is 0 Å². The highest BCUT2D eigenvalue weighted by Gasteiger charge is 2.22. The maximum atomic E-state index is 5.70. The lowest BCUT2D eigenvalue weighted by atomic mass is 10.1. The van der Waals surface area contributed by atoms with Gasteiger partial charge in [-0.05, 0) is 24.1 Å². The Bertz CT molecular complexity index is 742. The summed E-state index contributed by atoms with van der Waals surface area (Å²) < 4.78 is 18.9. The first kappa shape index (κ1) is 16.2. The molecule has 4 rings (SSSR count). The summed E-state index contributed by atoms with van der Waals surface area (Å²) in [5.41, 5.74) is 1.12. The molecule has 0 spiro atoms. The van der Waals surface area contributed by atoms with Gasteiger partial charge in [0.15, 0.2) is 17.3 Å². The summed E-state index contributed by atoms with van der Waals surface area (Å²) in [4.78, 5) is 4.57. The lowest BCUT2D eigenvalue weighted by molar-refractivity contribution is 0.165. The molecule has 7 nitrogen and oxygen atoms in total. The lowest BCUT2D eigenvalue weighted by Crippen LogP contribution is -2.37. The lowest BCUT2D eigenvalue weighted by Gasteiger charge is -2.25. The van der Waals surface area contributed by atoms with Gasteiger partial charge in [-0.15, -0.1) is 0 Å². The number of nitrogens with one attached hydrogen (secondary N) is 1. The summed E-state index contributed by atoms with van der Waals surface area (Å²) in [6.45, 7) is 4.84. The van der Waals surface area contributed by atoms with Crippen molar-refractivity contribution in [2.45, 2.75) is 45.3 Å². The summed E-state index contributed by atoms with van der Waals surface area (Å²) >= 11 is 0. The van der Waals surface area contributed by atoms with Crippen molar-refractivity contribution in [3.8, 4) is 17.2 Å². The van der Waals surface area contributed by atoms with Gasteiger partial charge in [0.25, 0.3) is 0 Å². The largest absolute Gasteiger partial charge is 0.493 e. The van der Waals surface area contributed by atoms with E-state index in [2.05, 4.69) is 22.3 Å². The molecule has 1 N–H and O–H groups in total. The van der Waals surface area contributed by atoms with E-state index < -0.39 is 0 Å². The third-order valence-corrected chi connectivity index (χ3v) is 4.70. The van der Waals surface area contributed by atoms with E-state index in [1.807, 2.05) is 16.8 Å². The normalized spacial score (nSPS) is 18.7. The molecule has 3 heterocycles. The number of ether oxygens (including phenoxy) is 3. The fourth-order valence-corrected chi connectivity index (χ4v) is 3.37. The van der Waals surface area contributed by atoms with Gasteiger partial charge in [0.1, 0.15) is 19.0 Å². The number of aryl methyl sites for hydroxylation is 2. The third-order valence-electron chi connectivity index (χ3n) is 4.70. The van der Waals surface area contributed by atoms with Crippen molar-refractivity contribution in [1.82, 2.24) is 20.1 Å². The Kier molecular flexibility index (Phi) is 4.48. The van der Waals surface area contributed by atoms with E-state index in [4.69, 9.17) is 14.2 Å². The summed E-state index contributed by atoms with van der Waals surface area (Å²) in [5, 5.41) is 8.19. The molecule has 1 aromatic carbocycles. The average molecular weight is 344 g/mol. The average Bonchev–Trinajstić information content (AvgIpc) is 3.08. The summed E-state index contributed by atoms with van der Waals surface area (Å²) in [7, 11) is 1.66. The first-order chi connectivity index (χ1) is 12.3. The smallest absolute Gasteiger partial charge is 0.203 e. The number of aromatic nitrogens is 3. The molecular formula is C18H24N4O3. The second-order valence-corrected chi connectivity index (χ2v) is 6.42. The zero-order valence-corrected chi connectivity index (χ0v) is 14.7. The van der Waals surface area contributed by atoms with Gasteiger partial charge in [-0.25, -0.2) is 9.67 Å². The summed E-state index contributed by atoms with van der Waals surface area (Å²) in [6, 6.07) is 4.43. The maximum Gasteiger partial charge on any atom is 0.203 e. The fraction of sp³-hybridized carbons (Fsp3) is 0.556. The van der Waals surface area contributed by atoms with E-state index in [0.717, 1.165) is 61.1 Å². The molecule has 0 saturated carbocycles. The van der Waals surface area contributed by atoms with Crippen LogP contribution in [-0.2, 0) is 25.9 Å². The zero-order chi connectivity index (χ0) is 17.2. The molecule has 2 aliphatic rings. The van der Waals surface area contributed by atoms with Gasteiger partial charge in [-0.2, -0.15) is 5.10 Å². The number of rotatable bonds is 5. The summed E-state index contributed by atoms with van der Waals surface area (Å²) in [6.07, 6.45) is 2.92. The molecule has 0 amide bonds. The number of hydrogen-bond donors (Lipinski definition) is 1. The summed E-state index contributed by atoms with van der Waals surface area (Å²) in [5.74, 6) is 4.23. The number of benzene rings is 1. The van der Waals surface area contributed by atoms with Crippen LogP contribution in [0, 0.1) is 0 Å². The van der Waals surface area contributed by atoms with Crippen LogP contribution in [0.5, 0.6) is 17.2 Å². The van der Waals surface area contributed by atoms with Gasteiger partial charge in [0.05, 0.1) is 13.7 Å². The number of nitrogens with zero attached hydrogens (tertiary/aromatic N) is 3. The van der Waals surface area contributed by atoms with Crippen LogP contribution in [0.1, 0.15) is 30.6 Å². The monoisotopic (exact) mass is 344 g/mol. The molecule has 0 aliphatic carbocycles. The Labute approximate surface area is 147 Å². The molecular weight excluding hydrogens is 320 g/mol. The van der Waals surface area contributed by atoms with E-state index >= 15 is 0 Å². The van der Waals surface area contributed by atoms with Crippen LogP contribution in [0.4, 0.5) is 0 Å². The van der Waals surface area contributed by atoms with E-state index in [1.54, 1.807) is 7.11 Å². The molecule has 25 heavy (non-hydrogen) atoms. The first-order valence-electron chi connectivity index (χ1n) is 8.89.